The fraction of sp³-hybridized carbons (Fsp3) is 0.500. The molecule has 4 atom stereocenters. The summed E-state index contributed by atoms with van der Waals surface area (Å²) in [6.07, 6.45) is 8.72. The van der Waals surface area contributed by atoms with Gasteiger partial charge in [-0.15, -0.1) is 0 Å². The van der Waals surface area contributed by atoms with Crippen molar-refractivity contribution in [1.29, 1.82) is 0 Å². The number of aliphatic hydroxyl groups excluding tert-OH is 2. The summed E-state index contributed by atoms with van der Waals surface area (Å²) in [6.45, 7) is 5.15. The highest BCUT2D eigenvalue weighted by Crippen LogP contribution is 2.29. The largest absolute Gasteiger partial charge is 0.504 e. The van der Waals surface area contributed by atoms with Crippen molar-refractivity contribution in [2.24, 2.45) is 22.4 Å². The molecule has 2 aliphatic heterocycles. The summed E-state index contributed by atoms with van der Waals surface area (Å²) >= 11 is 0. The Bertz CT molecular complexity index is 1390. The number of quaternary nitrogens is 1. The highest BCUT2D eigenvalue weighted by atomic mass is 16.5. The van der Waals surface area contributed by atoms with E-state index in [1.807, 2.05) is 37.5 Å². The van der Waals surface area contributed by atoms with Crippen LogP contribution in [0.4, 0.5) is 0 Å². The third-order valence-corrected chi connectivity index (χ3v) is 8.76. The van der Waals surface area contributed by atoms with Crippen LogP contribution in [0.25, 0.3) is 0 Å². The number of carbonyl (C=O) groups is 1. The number of rotatable bonds is 19. The quantitative estimate of drug-likeness (QED) is 0.104. The number of phenolic OH excluding ortho intramolecular Hbond substituents is 1. The molecule has 244 valence electrons. The summed E-state index contributed by atoms with van der Waals surface area (Å²) in [5.41, 5.74) is 17.9. The molecule has 0 radical (unpaired) electrons. The average molecular weight is 620 g/mol. The Balaban J connectivity index is 1.33. The molecule has 0 saturated carbocycles. The molecule has 0 bridgehead atoms. The second kappa shape index (κ2) is 16.8. The molecule has 0 fully saturated rings. The lowest BCUT2D eigenvalue weighted by atomic mass is 9.85. The standard InChI is InChI=1S/C36H50N4O5/c1-3-5-6-11-29(34(44)19-28(41)8-4-2)32(42)14-12-24-13-15-33(43)35(18-24)45-23-40-21-30-27(20-39-31(30)22-40)17-25-9-7-10-26(16-25)36(37)38/h7,9-10,13,15-16,18,20,22,28-29,34,36,41,43-44H,3-6,8,11-12,14,17,19,21,23,37-38H2,1-2H3/p+1. The first-order valence-corrected chi connectivity index (χ1v) is 16.4. The predicted molar refractivity (Wildman–Crippen MR) is 177 cm³/mol. The molecule has 0 spiro atoms. The molecule has 9 heteroatoms. The fourth-order valence-corrected chi connectivity index (χ4v) is 6.17. The van der Waals surface area contributed by atoms with Crippen LogP contribution in [0, 0.1) is 5.92 Å². The SMILES string of the molecule is CCCCCC(C(=O)CCc1ccc(O)c(OC[NH+]2C=C3N=CC(Cc4cccc(C(N)N)c4)=C3C2)c1)C(O)CC(O)CCC. The number of ether oxygens (including phenoxy) is 1. The average Bonchev–Trinajstić information content (AvgIpc) is 3.59. The molecule has 4 unspecified atom stereocenters. The minimum absolute atomic E-state index is 0.0137. The van der Waals surface area contributed by atoms with E-state index in [2.05, 4.69) is 18.0 Å². The molecular weight excluding hydrogens is 568 g/mol. The zero-order chi connectivity index (χ0) is 32.3. The topological polar surface area (TPSA) is 156 Å². The summed E-state index contributed by atoms with van der Waals surface area (Å²) in [5.74, 6) is -0.0473. The molecular formula is C36H51N4O5+. The molecule has 8 N–H and O–H groups in total. The molecule has 4 rings (SSSR count). The monoisotopic (exact) mass is 619 g/mol. The Morgan fingerprint density at radius 2 is 1.87 bits per heavy atom. The lowest BCUT2D eigenvalue weighted by Gasteiger charge is -2.24. The molecule has 9 nitrogen and oxygen atoms in total. The molecule has 2 aromatic carbocycles. The van der Waals surface area contributed by atoms with Crippen molar-refractivity contribution in [1.82, 2.24) is 0 Å². The predicted octanol–water partition coefficient (Wildman–Crippen LogP) is 3.62. The van der Waals surface area contributed by atoms with Crippen LogP contribution in [0.1, 0.15) is 88.1 Å². The highest BCUT2D eigenvalue weighted by molar-refractivity contribution is 5.87. The number of nitrogens with two attached hydrogens (primary N) is 2. The first kappa shape index (κ1) is 34.5. The number of phenols is 1. The Morgan fingerprint density at radius 1 is 1.04 bits per heavy atom. The van der Waals surface area contributed by atoms with E-state index in [0.29, 0.717) is 31.7 Å². The number of hydrogen-bond acceptors (Lipinski definition) is 8. The number of aryl methyl sites for hydroxylation is 1. The number of allylic oxidation sites excluding steroid dienone is 1. The van der Waals surface area contributed by atoms with Gasteiger partial charge in [-0.25, -0.2) is 0 Å². The van der Waals surface area contributed by atoms with Crippen LogP contribution in [0.2, 0.25) is 0 Å². The van der Waals surface area contributed by atoms with E-state index in [0.717, 1.165) is 71.5 Å². The lowest BCUT2D eigenvalue weighted by Crippen LogP contribution is -3.07. The first-order chi connectivity index (χ1) is 21.7. The second-order valence-electron chi connectivity index (χ2n) is 12.5. The van der Waals surface area contributed by atoms with Gasteiger partial charge in [-0.2, -0.15) is 0 Å². The minimum Gasteiger partial charge on any atom is -0.504 e. The zero-order valence-corrected chi connectivity index (χ0v) is 26.8. The van der Waals surface area contributed by atoms with E-state index in [4.69, 9.17) is 16.2 Å². The summed E-state index contributed by atoms with van der Waals surface area (Å²) in [4.78, 5) is 18.9. The molecule has 2 heterocycles. The van der Waals surface area contributed by atoms with Crippen molar-refractivity contribution in [3.8, 4) is 11.5 Å². The normalized spacial score (nSPS) is 17.8. The number of nitrogens with one attached hydrogen (secondary N) is 1. The van der Waals surface area contributed by atoms with Crippen molar-refractivity contribution in [3.05, 3.63) is 82.2 Å². The fourth-order valence-electron chi connectivity index (χ4n) is 6.17. The van der Waals surface area contributed by atoms with E-state index < -0.39 is 24.3 Å². The summed E-state index contributed by atoms with van der Waals surface area (Å²) in [5, 5.41) is 31.6. The van der Waals surface area contributed by atoms with Gasteiger partial charge in [0, 0.05) is 24.1 Å². The van der Waals surface area contributed by atoms with Gasteiger partial charge in [0.15, 0.2) is 11.5 Å². The Morgan fingerprint density at radius 3 is 2.62 bits per heavy atom. The molecule has 0 amide bonds. The van der Waals surface area contributed by atoms with Crippen molar-refractivity contribution in [2.75, 3.05) is 13.3 Å². The smallest absolute Gasteiger partial charge is 0.227 e. The maximum atomic E-state index is 13.3. The summed E-state index contributed by atoms with van der Waals surface area (Å²) in [6, 6.07) is 13.2. The number of hydrogen-bond donors (Lipinski definition) is 6. The van der Waals surface area contributed by atoms with Gasteiger partial charge in [-0.3, -0.25) is 14.7 Å². The van der Waals surface area contributed by atoms with Gasteiger partial charge in [0.2, 0.25) is 6.73 Å². The maximum absolute atomic E-state index is 13.3. The van der Waals surface area contributed by atoms with Crippen LogP contribution < -0.4 is 21.1 Å². The molecule has 0 saturated heterocycles. The van der Waals surface area contributed by atoms with E-state index in [1.54, 1.807) is 18.2 Å². The van der Waals surface area contributed by atoms with Crippen LogP contribution in [0.3, 0.4) is 0 Å². The van der Waals surface area contributed by atoms with Crippen LogP contribution in [-0.2, 0) is 17.6 Å². The van der Waals surface area contributed by atoms with E-state index >= 15 is 0 Å². The van der Waals surface area contributed by atoms with Crippen molar-refractivity contribution in [3.63, 3.8) is 0 Å². The van der Waals surface area contributed by atoms with Gasteiger partial charge in [0.1, 0.15) is 24.2 Å². The van der Waals surface area contributed by atoms with Gasteiger partial charge in [-0.05, 0) is 66.5 Å². The third-order valence-electron chi connectivity index (χ3n) is 8.76. The van der Waals surface area contributed by atoms with Crippen LogP contribution in [0.15, 0.2) is 70.5 Å². The number of aliphatic hydroxyl groups is 2. The molecule has 2 aliphatic rings. The van der Waals surface area contributed by atoms with Gasteiger partial charge in [-0.1, -0.05) is 69.9 Å². The highest BCUT2D eigenvalue weighted by Gasteiger charge is 2.30. The summed E-state index contributed by atoms with van der Waals surface area (Å²) in [7, 11) is 0. The lowest BCUT2D eigenvalue weighted by molar-refractivity contribution is -0.855. The zero-order valence-electron chi connectivity index (χ0n) is 26.8. The van der Waals surface area contributed by atoms with Gasteiger partial charge >= 0.3 is 0 Å². The second-order valence-corrected chi connectivity index (χ2v) is 12.5. The number of ketones is 1. The van der Waals surface area contributed by atoms with Crippen molar-refractivity contribution >= 4 is 12.0 Å². The number of aliphatic imine (C=N–C) groups is 1. The maximum Gasteiger partial charge on any atom is 0.227 e. The van der Waals surface area contributed by atoms with Gasteiger partial charge in [0.05, 0.1) is 18.4 Å². The number of aromatic hydroxyl groups is 1. The van der Waals surface area contributed by atoms with Crippen LogP contribution in [-0.4, -0.2) is 52.8 Å². The number of fused-ring (bicyclic) bond motifs is 1. The number of benzene rings is 2. The third kappa shape index (κ3) is 9.82. The number of carbonyl (C=O) groups excluding carboxylic acids is 1. The molecule has 45 heavy (non-hydrogen) atoms. The Labute approximate surface area is 267 Å². The van der Waals surface area contributed by atoms with E-state index in [1.165, 1.54) is 5.57 Å². The Kier molecular flexibility index (Phi) is 12.9. The molecule has 0 aromatic heterocycles. The Hall–Kier alpha value is -3.34. The minimum atomic E-state index is -0.846. The van der Waals surface area contributed by atoms with Gasteiger partial charge < -0.3 is 31.5 Å². The van der Waals surface area contributed by atoms with Crippen molar-refractivity contribution < 1.29 is 29.8 Å². The van der Waals surface area contributed by atoms with E-state index in [-0.39, 0.29) is 24.4 Å². The summed E-state index contributed by atoms with van der Waals surface area (Å²) < 4.78 is 6.06. The van der Waals surface area contributed by atoms with Gasteiger partial charge in [0.25, 0.3) is 0 Å². The molecule has 2 aromatic rings. The van der Waals surface area contributed by atoms with Crippen molar-refractivity contribution in [2.45, 2.75) is 96.4 Å². The van der Waals surface area contributed by atoms with Crippen LogP contribution >= 0.6 is 0 Å². The molecule has 0 aliphatic carbocycles. The number of unbranched alkanes of at least 4 members (excludes halogenated alkanes) is 2. The number of nitrogens with zero attached hydrogens (tertiary/aromatic N) is 1. The number of Topliss-reactive ketones (excluding diaryl/α,β-unsaturated/α-hetero) is 1. The van der Waals surface area contributed by atoms with Crippen LogP contribution in [0.5, 0.6) is 11.5 Å². The van der Waals surface area contributed by atoms with E-state index in [9.17, 15) is 20.1 Å². The first-order valence-electron chi connectivity index (χ1n) is 16.4.